The summed E-state index contributed by atoms with van der Waals surface area (Å²) in [4.78, 5) is 15.0. The molecule has 2 rings (SSSR count). The van der Waals surface area contributed by atoms with E-state index in [1.165, 1.54) is 0 Å². The van der Waals surface area contributed by atoms with Gasteiger partial charge in [0.1, 0.15) is 0 Å². The van der Waals surface area contributed by atoms with Crippen LogP contribution in [0, 0.1) is 10.1 Å². The summed E-state index contributed by atoms with van der Waals surface area (Å²) in [5.74, 6) is 1.93. The van der Waals surface area contributed by atoms with Gasteiger partial charge in [-0.3, -0.25) is 14.5 Å². The van der Waals surface area contributed by atoms with Crippen LogP contribution in [0.1, 0.15) is 5.69 Å². The number of halogens is 1. The molecule has 0 radical (unpaired) electrons. The smallest absolute Gasteiger partial charge is 0.274 e. The Morgan fingerprint density at radius 2 is 2.52 bits per heavy atom. The van der Waals surface area contributed by atoms with Crippen LogP contribution >= 0.6 is 34.7 Å². The van der Waals surface area contributed by atoms with Crippen molar-refractivity contribution in [2.24, 2.45) is 0 Å². The summed E-state index contributed by atoms with van der Waals surface area (Å²) in [7, 11) is 1.63. The van der Waals surface area contributed by atoms with Crippen LogP contribution in [-0.2, 0) is 5.75 Å². The fourth-order valence-electron chi connectivity index (χ4n) is 1.67. The van der Waals surface area contributed by atoms with Crippen LogP contribution in [-0.4, -0.2) is 33.7 Å². The minimum absolute atomic E-state index is 0.392. The molecule has 0 unspecified atom stereocenters. The van der Waals surface area contributed by atoms with E-state index in [0.717, 1.165) is 28.4 Å². The molecule has 0 amide bonds. The van der Waals surface area contributed by atoms with Gasteiger partial charge in [0.25, 0.3) is 6.20 Å². The molecule has 2 N–H and O–H groups in total. The standard InChI is InChI=1S/C11H14ClN5O2S2/c1-13-9(6-17(18)19)14-2-4-20-7-8-10(12)15-11-16(8)3-5-21-11/h3,5-6,13-14H,2,4,7H2,1H3/b9-6+. The second-order valence-electron chi connectivity index (χ2n) is 3.96. The largest absolute Gasteiger partial charge is 0.370 e. The Bertz CT molecular complexity index is 654. The second-order valence-corrected chi connectivity index (χ2v) is 6.30. The molecule has 0 saturated carbocycles. The van der Waals surface area contributed by atoms with Crippen molar-refractivity contribution in [2.75, 3.05) is 19.3 Å². The molecule has 2 aromatic rings. The Kier molecular flexibility index (Phi) is 5.71. The zero-order valence-electron chi connectivity index (χ0n) is 11.2. The number of thiazole rings is 1. The molecule has 0 atom stereocenters. The van der Waals surface area contributed by atoms with Gasteiger partial charge in [-0.05, 0) is 0 Å². The van der Waals surface area contributed by atoms with Crippen molar-refractivity contribution < 1.29 is 4.92 Å². The summed E-state index contributed by atoms with van der Waals surface area (Å²) in [5, 5.41) is 18.6. The molecule has 0 aliphatic rings. The predicted molar refractivity (Wildman–Crippen MR) is 86.4 cm³/mol. The average Bonchev–Trinajstić information content (AvgIpc) is 2.98. The lowest BCUT2D eigenvalue weighted by Gasteiger charge is -2.07. The van der Waals surface area contributed by atoms with E-state index in [9.17, 15) is 10.1 Å². The summed E-state index contributed by atoms with van der Waals surface area (Å²) in [6, 6.07) is 0. The number of aromatic nitrogens is 2. The minimum Gasteiger partial charge on any atom is -0.370 e. The van der Waals surface area contributed by atoms with Crippen LogP contribution in [0.3, 0.4) is 0 Å². The molecule has 7 nitrogen and oxygen atoms in total. The van der Waals surface area contributed by atoms with E-state index in [1.807, 2.05) is 16.0 Å². The lowest BCUT2D eigenvalue weighted by molar-refractivity contribution is -0.404. The number of imidazole rings is 1. The average molecular weight is 348 g/mol. The lowest BCUT2D eigenvalue weighted by atomic mass is 10.5. The highest BCUT2D eigenvalue weighted by molar-refractivity contribution is 7.98. The summed E-state index contributed by atoms with van der Waals surface area (Å²) in [6.07, 6.45) is 2.86. The lowest BCUT2D eigenvalue weighted by Crippen LogP contribution is -2.26. The van der Waals surface area contributed by atoms with Crippen LogP contribution in [0.15, 0.2) is 23.6 Å². The summed E-state index contributed by atoms with van der Waals surface area (Å²) in [6.45, 7) is 0.619. The number of nitro groups is 1. The number of nitrogens with one attached hydrogen (secondary N) is 2. The number of thioether (sulfide) groups is 1. The predicted octanol–water partition coefficient (Wildman–Crippen LogP) is 2.17. The van der Waals surface area contributed by atoms with Crippen molar-refractivity contribution >= 4 is 39.7 Å². The number of fused-ring (bicyclic) bond motifs is 1. The highest BCUT2D eigenvalue weighted by Crippen LogP contribution is 2.24. The van der Waals surface area contributed by atoms with E-state index < -0.39 is 4.92 Å². The molecule has 2 heterocycles. The number of hydrogen-bond acceptors (Lipinski definition) is 7. The Hall–Kier alpha value is -1.45. The van der Waals surface area contributed by atoms with Crippen LogP contribution in [0.4, 0.5) is 0 Å². The molecule has 0 aliphatic heterocycles. The molecule has 114 valence electrons. The van der Waals surface area contributed by atoms with Gasteiger partial charge in [-0.15, -0.1) is 11.3 Å². The molecule has 0 spiro atoms. The molecular formula is C11H14ClN5O2S2. The molecule has 0 aliphatic carbocycles. The molecule has 10 heteroatoms. The Morgan fingerprint density at radius 1 is 1.71 bits per heavy atom. The van der Waals surface area contributed by atoms with Crippen LogP contribution in [0.5, 0.6) is 0 Å². The quantitative estimate of drug-likeness (QED) is 0.432. The first-order valence-electron chi connectivity index (χ1n) is 6.06. The van der Waals surface area contributed by atoms with Gasteiger partial charge >= 0.3 is 0 Å². The maximum absolute atomic E-state index is 10.4. The van der Waals surface area contributed by atoms with Gasteiger partial charge in [-0.25, -0.2) is 4.98 Å². The zero-order valence-corrected chi connectivity index (χ0v) is 13.6. The molecule has 0 bridgehead atoms. The molecule has 21 heavy (non-hydrogen) atoms. The maximum Gasteiger partial charge on any atom is 0.274 e. The fraction of sp³-hybridized carbons (Fsp3) is 0.364. The third-order valence-electron chi connectivity index (χ3n) is 2.62. The van der Waals surface area contributed by atoms with Crippen molar-refractivity contribution in [1.29, 1.82) is 0 Å². The topological polar surface area (TPSA) is 84.5 Å². The van der Waals surface area contributed by atoms with E-state index in [2.05, 4.69) is 15.6 Å². The van der Waals surface area contributed by atoms with Crippen molar-refractivity contribution in [3.05, 3.63) is 44.6 Å². The molecule has 0 saturated heterocycles. The zero-order chi connectivity index (χ0) is 15.2. The Morgan fingerprint density at radius 3 is 3.24 bits per heavy atom. The monoisotopic (exact) mass is 347 g/mol. The SMILES string of the molecule is CN/C(=C\[N+](=O)[O-])NCCSCc1c(Cl)nc2sccn12. The van der Waals surface area contributed by atoms with Gasteiger partial charge in [0.2, 0.25) is 0 Å². The minimum atomic E-state index is -0.495. The molecular weight excluding hydrogens is 334 g/mol. The maximum atomic E-state index is 10.4. The van der Waals surface area contributed by atoms with Crippen molar-refractivity contribution in [2.45, 2.75) is 5.75 Å². The third kappa shape index (κ3) is 4.26. The highest BCUT2D eigenvalue weighted by atomic mass is 35.5. The van der Waals surface area contributed by atoms with Gasteiger partial charge in [-0.1, -0.05) is 11.6 Å². The van der Waals surface area contributed by atoms with Crippen LogP contribution in [0.2, 0.25) is 5.15 Å². The van der Waals surface area contributed by atoms with E-state index >= 15 is 0 Å². The third-order valence-corrected chi connectivity index (χ3v) is 4.65. The molecule has 0 fully saturated rings. The normalized spacial score (nSPS) is 11.8. The van der Waals surface area contributed by atoms with Gasteiger partial charge in [0.15, 0.2) is 15.9 Å². The van der Waals surface area contributed by atoms with Gasteiger partial charge in [0, 0.05) is 36.7 Å². The summed E-state index contributed by atoms with van der Waals surface area (Å²) < 4.78 is 1.99. The van der Waals surface area contributed by atoms with Crippen LogP contribution < -0.4 is 10.6 Å². The van der Waals surface area contributed by atoms with Gasteiger partial charge in [-0.2, -0.15) is 11.8 Å². The number of nitrogens with zero attached hydrogens (tertiary/aromatic N) is 3. The van der Waals surface area contributed by atoms with E-state index in [-0.39, 0.29) is 0 Å². The first-order valence-corrected chi connectivity index (χ1v) is 8.47. The van der Waals surface area contributed by atoms with E-state index in [1.54, 1.807) is 30.1 Å². The first-order chi connectivity index (χ1) is 10.1. The number of rotatable bonds is 8. The number of hydrogen-bond donors (Lipinski definition) is 2. The first kappa shape index (κ1) is 15.9. The van der Waals surface area contributed by atoms with E-state index in [4.69, 9.17) is 11.6 Å². The Balaban J connectivity index is 1.78. The van der Waals surface area contributed by atoms with Gasteiger partial charge < -0.3 is 10.6 Å². The molecule has 2 aromatic heterocycles. The Labute approximate surface area is 134 Å². The second kappa shape index (κ2) is 7.53. The van der Waals surface area contributed by atoms with Crippen molar-refractivity contribution in [1.82, 2.24) is 20.0 Å². The van der Waals surface area contributed by atoms with Gasteiger partial charge in [0.05, 0.1) is 10.6 Å². The van der Waals surface area contributed by atoms with Crippen LogP contribution in [0.25, 0.3) is 4.96 Å². The summed E-state index contributed by atoms with van der Waals surface area (Å²) in [5.41, 5.74) is 0.979. The molecule has 0 aromatic carbocycles. The summed E-state index contributed by atoms with van der Waals surface area (Å²) >= 11 is 9.34. The fourth-order valence-corrected chi connectivity index (χ4v) is 3.63. The van der Waals surface area contributed by atoms with E-state index in [0.29, 0.717) is 17.5 Å². The highest BCUT2D eigenvalue weighted by Gasteiger charge is 2.10. The van der Waals surface area contributed by atoms with Crippen molar-refractivity contribution in [3.63, 3.8) is 0 Å². The van der Waals surface area contributed by atoms with Crippen molar-refractivity contribution in [3.8, 4) is 0 Å².